The smallest absolute Gasteiger partial charge is 0.349 e. The van der Waals surface area contributed by atoms with Gasteiger partial charge < -0.3 is 14.1 Å². The Hall–Kier alpha value is -2.76. The van der Waals surface area contributed by atoms with Crippen LogP contribution in [-0.4, -0.2) is 24.8 Å². The van der Waals surface area contributed by atoms with Crippen molar-refractivity contribution in [3.05, 3.63) is 44.5 Å². The molecular formula is C20H20N2O4. The number of rotatable bonds is 1. The van der Waals surface area contributed by atoms with Crippen LogP contribution in [0.4, 0.5) is 5.82 Å². The number of aryl methyl sites for hydroxylation is 1. The lowest BCUT2D eigenvalue weighted by atomic mass is 9.99. The zero-order chi connectivity index (χ0) is 17.8. The highest BCUT2D eigenvalue weighted by Gasteiger charge is 2.28. The molecule has 6 heteroatoms. The van der Waals surface area contributed by atoms with E-state index in [0.29, 0.717) is 17.9 Å². The lowest BCUT2D eigenvalue weighted by molar-refractivity contribution is 0.414. The molecule has 26 heavy (non-hydrogen) atoms. The summed E-state index contributed by atoms with van der Waals surface area (Å²) in [5.41, 5.74) is 0.796. The van der Waals surface area contributed by atoms with Crippen LogP contribution >= 0.6 is 0 Å². The van der Waals surface area contributed by atoms with E-state index >= 15 is 0 Å². The van der Waals surface area contributed by atoms with Crippen molar-refractivity contribution < 1.29 is 9.15 Å². The molecule has 0 bridgehead atoms. The van der Waals surface area contributed by atoms with E-state index in [-0.39, 0.29) is 10.9 Å². The summed E-state index contributed by atoms with van der Waals surface area (Å²) >= 11 is 0. The normalized spacial score (nSPS) is 16.6. The van der Waals surface area contributed by atoms with Gasteiger partial charge in [0.25, 0.3) is 5.56 Å². The topological polar surface area (TPSA) is 64.7 Å². The van der Waals surface area contributed by atoms with Crippen molar-refractivity contribution in [3.8, 4) is 5.75 Å². The number of ether oxygens (including phenoxy) is 1. The third kappa shape index (κ3) is 2.04. The molecule has 134 valence electrons. The maximum absolute atomic E-state index is 13.2. The Bertz CT molecular complexity index is 1160. The summed E-state index contributed by atoms with van der Waals surface area (Å²) in [5, 5.41) is 1.76. The van der Waals surface area contributed by atoms with Crippen LogP contribution in [0, 0.1) is 0 Å². The molecule has 0 N–H and O–H groups in total. The second-order valence-corrected chi connectivity index (χ2v) is 7.06. The Labute approximate surface area is 149 Å². The van der Waals surface area contributed by atoms with Crippen LogP contribution < -0.4 is 20.8 Å². The minimum Gasteiger partial charge on any atom is -0.497 e. The second kappa shape index (κ2) is 5.62. The molecule has 1 aromatic carbocycles. The van der Waals surface area contributed by atoms with E-state index in [2.05, 4.69) is 4.90 Å². The summed E-state index contributed by atoms with van der Waals surface area (Å²) in [4.78, 5) is 28.2. The van der Waals surface area contributed by atoms with Crippen molar-refractivity contribution >= 4 is 27.6 Å². The summed E-state index contributed by atoms with van der Waals surface area (Å²) in [7, 11) is 1.58. The van der Waals surface area contributed by atoms with E-state index in [1.807, 2.05) is 12.1 Å². The molecule has 0 saturated carbocycles. The first-order valence-corrected chi connectivity index (χ1v) is 9.14. The van der Waals surface area contributed by atoms with Gasteiger partial charge in [-0.05, 0) is 37.8 Å². The number of hydrogen-bond acceptors (Lipinski definition) is 5. The average molecular weight is 352 g/mol. The predicted molar refractivity (Wildman–Crippen MR) is 101 cm³/mol. The summed E-state index contributed by atoms with van der Waals surface area (Å²) in [6.07, 6.45) is 3.94. The van der Waals surface area contributed by atoms with Crippen LogP contribution in [-0.2, 0) is 13.0 Å². The van der Waals surface area contributed by atoms with Crippen molar-refractivity contribution in [2.45, 2.75) is 32.2 Å². The molecule has 0 amide bonds. The van der Waals surface area contributed by atoms with Gasteiger partial charge in [-0.2, -0.15) is 0 Å². The van der Waals surface area contributed by atoms with Crippen LogP contribution in [0.5, 0.6) is 5.75 Å². The van der Waals surface area contributed by atoms with E-state index in [9.17, 15) is 9.59 Å². The maximum atomic E-state index is 13.2. The summed E-state index contributed by atoms with van der Waals surface area (Å²) in [6, 6.07) is 5.46. The molecule has 0 fully saturated rings. The third-order valence-corrected chi connectivity index (χ3v) is 5.62. The molecule has 0 saturated heterocycles. The molecule has 6 nitrogen and oxygen atoms in total. The molecule has 0 spiro atoms. The van der Waals surface area contributed by atoms with Gasteiger partial charge in [-0.1, -0.05) is 0 Å². The van der Waals surface area contributed by atoms with Gasteiger partial charge in [0.15, 0.2) is 0 Å². The largest absolute Gasteiger partial charge is 0.497 e. The number of anilines is 1. The molecule has 5 rings (SSSR count). The number of pyridine rings is 1. The van der Waals surface area contributed by atoms with Gasteiger partial charge in [0.2, 0.25) is 0 Å². The minimum atomic E-state index is -0.557. The SMILES string of the molecule is COc1ccc2c(c1)oc(=O)c1c(=O)n3c4c(c12)CCCCN4CCC3. The lowest BCUT2D eigenvalue weighted by Gasteiger charge is -2.33. The van der Waals surface area contributed by atoms with Crippen molar-refractivity contribution in [2.75, 3.05) is 25.1 Å². The highest BCUT2D eigenvalue weighted by Crippen LogP contribution is 2.36. The molecule has 2 aliphatic rings. The number of fused-ring (bicyclic) bond motifs is 4. The van der Waals surface area contributed by atoms with Gasteiger partial charge >= 0.3 is 5.63 Å². The maximum Gasteiger partial charge on any atom is 0.349 e. The molecule has 0 aliphatic carbocycles. The first-order chi connectivity index (χ1) is 12.7. The standard InChI is InChI=1S/C20H20N2O4/c1-25-12-6-7-13-15(11-12)26-20(24)17-16(13)14-5-2-3-8-21-9-4-10-22(18(14)21)19(17)23/h6-7,11H,2-5,8-10H2,1H3. The van der Waals surface area contributed by atoms with E-state index in [4.69, 9.17) is 9.15 Å². The fraction of sp³-hybridized carbons (Fsp3) is 0.400. The zero-order valence-electron chi connectivity index (χ0n) is 14.7. The molecule has 4 heterocycles. The van der Waals surface area contributed by atoms with Crippen molar-refractivity contribution in [2.24, 2.45) is 0 Å². The first kappa shape index (κ1) is 15.5. The Kier molecular flexibility index (Phi) is 3.35. The van der Waals surface area contributed by atoms with Crippen LogP contribution in [0.2, 0.25) is 0 Å². The predicted octanol–water partition coefficient (Wildman–Crippen LogP) is 2.66. The van der Waals surface area contributed by atoms with Gasteiger partial charge in [-0.25, -0.2) is 4.79 Å². The lowest BCUT2D eigenvalue weighted by Crippen LogP contribution is -2.39. The molecule has 3 aromatic rings. The van der Waals surface area contributed by atoms with Crippen LogP contribution in [0.25, 0.3) is 21.7 Å². The molecule has 2 aliphatic heterocycles. The molecular weight excluding hydrogens is 332 g/mol. The molecule has 0 unspecified atom stereocenters. The highest BCUT2D eigenvalue weighted by molar-refractivity contribution is 6.07. The molecule has 0 atom stereocenters. The number of methoxy groups -OCH3 is 1. The van der Waals surface area contributed by atoms with Gasteiger partial charge in [-0.15, -0.1) is 0 Å². The Balaban J connectivity index is 2.02. The first-order valence-electron chi connectivity index (χ1n) is 9.14. The van der Waals surface area contributed by atoms with Gasteiger partial charge in [0.05, 0.1) is 7.11 Å². The van der Waals surface area contributed by atoms with Crippen molar-refractivity contribution in [1.82, 2.24) is 4.57 Å². The minimum absolute atomic E-state index is 0.185. The van der Waals surface area contributed by atoms with Gasteiger partial charge in [-0.3, -0.25) is 9.36 Å². The zero-order valence-corrected chi connectivity index (χ0v) is 14.7. The number of aromatic nitrogens is 1. The fourth-order valence-electron chi connectivity index (χ4n) is 4.48. The van der Waals surface area contributed by atoms with E-state index < -0.39 is 5.63 Å². The van der Waals surface area contributed by atoms with Gasteiger partial charge in [0, 0.05) is 42.0 Å². The molecule has 0 radical (unpaired) electrons. The van der Waals surface area contributed by atoms with E-state index in [1.165, 1.54) is 0 Å². The van der Waals surface area contributed by atoms with Crippen LogP contribution in [0.3, 0.4) is 0 Å². The second-order valence-electron chi connectivity index (χ2n) is 7.06. The Morgan fingerprint density at radius 1 is 1.04 bits per heavy atom. The van der Waals surface area contributed by atoms with E-state index in [1.54, 1.807) is 17.7 Å². The fourth-order valence-corrected chi connectivity index (χ4v) is 4.48. The van der Waals surface area contributed by atoms with Crippen LogP contribution in [0.15, 0.2) is 32.2 Å². The quantitative estimate of drug-likeness (QED) is 0.498. The van der Waals surface area contributed by atoms with Crippen molar-refractivity contribution in [1.29, 1.82) is 0 Å². The third-order valence-electron chi connectivity index (χ3n) is 5.62. The summed E-state index contributed by atoms with van der Waals surface area (Å²) in [5.74, 6) is 1.64. The number of benzene rings is 1. The number of hydrogen-bond donors (Lipinski definition) is 0. The molecule has 2 aromatic heterocycles. The average Bonchev–Trinajstić information content (AvgIpc) is 2.88. The highest BCUT2D eigenvalue weighted by atomic mass is 16.5. The Morgan fingerprint density at radius 3 is 2.73 bits per heavy atom. The van der Waals surface area contributed by atoms with E-state index in [0.717, 1.165) is 60.9 Å². The van der Waals surface area contributed by atoms with Gasteiger partial charge in [0.1, 0.15) is 22.5 Å². The number of nitrogens with zero attached hydrogens (tertiary/aromatic N) is 2. The monoisotopic (exact) mass is 352 g/mol. The summed E-state index contributed by atoms with van der Waals surface area (Å²) in [6.45, 7) is 2.59. The van der Waals surface area contributed by atoms with Crippen molar-refractivity contribution in [3.63, 3.8) is 0 Å². The summed E-state index contributed by atoms with van der Waals surface area (Å²) < 4.78 is 12.5. The van der Waals surface area contributed by atoms with Crippen LogP contribution in [0.1, 0.15) is 24.8 Å². The Morgan fingerprint density at radius 2 is 1.88 bits per heavy atom.